The molecule has 0 aliphatic carbocycles. The fraction of sp³-hybridized carbons (Fsp3) is 0.160. The number of fused-ring (bicyclic) bond motifs is 3. The lowest BCUT2D eigenvalue weighted by atomic mass is 9.98. The third kappa shape index (κ3) is 3.28. The number of allylic oxidation sites excluding steroid dienone is 1. The fourth-order valence-corrected chi connectivity index (χ4v) is 4.38. The van der Waals surface area contributed by atoms with Gasteiger partial charge in [0.2, 0.25) is 5.95 Å². The first-order valence-corrected chi connectivity index (χ1v) is 10.7. The molecule has 3 aromatic carbocycles. The van der Waals surface area contributed by atoms with E-state index >= 15 is 0 Å². The van der Waals surface area contributed by atoms with Gasteiger partial charge >= 0.3 is 0 Å². The third-order valence-corrected chi connectivity index (χ3v) is 6.02. The topological polar surface area (TPSA) is 29.9 Å². The number of halogens is 1. The minimum Gasteiger partial charge on any atom is -0.325 e. The highest BCUT2D eigenvalue weighted by atomic mass is 79.9. The molecule has 1 N–H and O–H groups in total. The van der Waals surface area contributed by atoms with E-state index in [1.807, 2.05) is 6.07 Å². The molecule has 0 saturated heterocycles. The first-order valence-electron chi connectivity index (χ1n) is 9.92. The molecule has 5 rings (SSSR count). The number of para-hydroxylation sites is 2. The molecule has 4 heteroatoms. The predicted molar refractivity (Wildman–Crippen MR) is 124 cm³/mol. The lowest BCUT2D eigenvalue weighted by Gasteiger charge is -2.27. The van der Waals surface area contributed by atoms with Gasteiger partial charge in [0, 0.05) is 10.2 Å². The van der Waals surface area contributed by atoms with Crippen LogP contribution in [-0.2, 0) is 0 Å². The van der Waals surface area contributed by atoms with E-state index in [0.717, 1.165) is 27.2 Å². The van der Waals surface area contributed by atoms with Crippen molar-refractivity contribution >= 4 is 38.6 Å². The first kappa shape index (κ1) is 18.2. The molecule has 29 heavy (non-hydrogen) atoms. The van der Waals surface area contributed by atoms with Crippen molar-refractivity contribution in [2.75, 3.05) is 5.32 Å². The van der Waals surface area contributed by atoms with Gasteiger partial charge in [-0.1, -0.05) is 78.3 Å². The second-order valence-electron chi connectivity index (χ2n) is 7.78. The lowest BCUT2D eigenvalue weighted by molar-refractivity contribution is 0.720. The van der Waals surface area contributed by atoms with Crippen molar-refractivity contribution in [1.82, 2.24) is 9.55 Å². The number of hydrogen-bond donors (Lipinski definition) is 1. The van der Waals surface area contributed by atoms with Crippen molar-refractivity contribution in [2.24, 2.45) is 0 Å². The van der Waals surface area contributed by atoms with Crippen LogP contribution in [0.4, 0.5) is 5.95 Å². The average molecular weight is 444 g/mol. The number of nitrogens with one attached hydrogen (secondary N) is 1. The highest BCUT2D eigenvalue weighted by Crippen LogP contribution is 2.37. The molecular formula is C25H22BrN3. The van der Waals surface area contributed by atoms with Gasteiger partial charge < -0.3 is 5.32 Å². The van der Waals surface area contributed by atoms with Crippen LogP contribution in [0.15, 0.2) is 83.3 Å². The monoisotopic (exact) mass is 443 g/mol. The molecule has 1 atom stereocenters. The Morgan fingerprint density at radius 3 is 2.52 bits per heavy atom. The highest BCUT2D eigenvalue weighted by molar-refractivity contribution is 9.10. The number of imidazole rings is 1. The summed E-state index contributed by atoms with van der Waals surface area (Å²) in [5.74, 6) is 1.40. The lowest BCUT2D eigenvalue weighted by Crippen LogP contribution is -2.19. The summed E-state index contributed by atoms with van der Waals surface area (Å²) >= 11 is 3.63. The van der Waals surface area contributed by atoms with E-state index in [-0.39, 0.29) is 6.04 Å². The summed E-state index contributed by atoms with van der Waals surface area (Å²) in [6.07, 6.45) is 2.30. The Labute approximate surface area is 179 Å². The van der Waals surface area contributed by atoms with Gasteiger partial charge in [-0.15, -0.1) is 0 Å². The molecular weight excluding hydrogens is 422 g/mol. The van der Waals surface area contributed by atoms with E-state index in [9.17, 15) is 0 Å². The largest absolute Gasteiger partial charge is 0.325 e. The molecule has 0 fully saturated rings. The zero-order chi connectivity index (χ0) is 20.0. The molecule has 2 heterocycles. The zero-order valence-electron chi connectivity index (χ0n) is 16.4. The maximum atomic E-state index is 4.87. The Balaban J connectivity index is 1.67. The highest BCUT2D eigenvalue weighted by Gasteiger charge is 2.25. The second-order valence-corrected chi connectivity index (χ2v) is 8.69. The Morgan fingerprint density at radius 1 is 0.966 bits per heavy atom. The summed E-state index contributed by atoms with van der Waals surface area (Å²) in [4.78, 5) is 4.87. The van der Waals surface area contributed by atoms with Crippen molar-refractivity contribution in [3.63, 3.8) is 0 Å². The van der Waals surface area contributed by atoms with E-state index < -0.39 is 0 Å². The number of aromatic nitrogens is 2. The molecule has 0 saturated carbocycles. The van der Waals surface area contributed by atoms with Gasteiger partial charge in [0.1, 0.15) is 0 Å². The number of benzene rings is 3. The van der Waals surface area contributed by atoms with Gasteiger partial charge in [-0.3, -0.25) is 4.57 Å². The Hall–Kier alpha value is -2.85. The van der Waals surface area contributed by atoms with Gasteiger partial charge in [-0.2, -0.15) is 0 Å². The summed E-state index contributed by atoms with van der Waals surface area (Å²) in [6, 6.07) is 25.7. The first-order chi connectivity index (χ1) is 14.1. The molecule has 0 spiro atoms. The molecule has 144 valence electrons. The van der Waals surface area contributed by atoms with Crippen molar-refractivity contribution in [1.29, 1.82) is 0 Å². The van der Waals surface area contributed by atoms with Crippen LogP contribution in [0.5, 0.6) is 0 Å². The molecule has 0 radical (unpaired) electrons. The van der Waals surface area contributed by atoms with Crippen LogP contribution in [-0.4, -0.2) is 9.55 Å². The molecule has 3 nitrogen and oxygen atoms in total. The van der Waals surface area contributed by atoms with Crippen LogP contribution in [0.3, 0.4) is 0 Å². The summed E-state index contributed by atoms with van der Waals surface area (Å²) < 4.78 is 3.36. The molecule has 1 aromatic heterocycles. The van der Waals surface area contributed by atoms with E-state index in [0.29, 0.717) is 5.92 Å². The third-order valence-electron chi connectivity index (χ3n) is 5.52. The average Bonchev–Trinajstić information content (AvgIpc) is 3.11. The molecule has 0 bridgehead atoms. The van der Waals surface area contributed by atoms with Crippen molar-refractivity contribution in [3.05, 3.63) is 100 Å². The van der Waals surface area contributed by atoms with Crippen LogP contribution in [0, 0.1) is 0 Å². The maximum absolute atomic E-state index is 4.87. The number of rotatable bonds is 3. The normalized spacial score (nSPS) is 15.9. The summed E-state index contributed by atoms with van der Waals surface area (Å²) in [7, 11) is 0. The van der Waals surface area contributed by atoms with Crippen LogP contribution in [0.1, 0.15) is 42.5 Å². The molecule has 0 amide bonds. The van der Waals surface area contributed by atoms with Gasteiger partial charge in [0.05, 0.1) is 17.1 Å². The minimum atomic E-state index is 0.0657. The standard InChI is InChI=1S/C25H22BrN3/c1-16(2)17-10-12-18(13-11-17)22-15-24(19-6-5-7-20(26)14-19)29-23-9-4-3-8-21(23)27-25(29)28-22/h3-16,24H,1-2H3,(H,27,28)/t24-/m0/s1. The number of anilines is 1. The van der Waals surface area contributed by atoms with Crippen molar-refractivity contribution in [2.45, 2.75) is 25.8 Å². The predicted octanol–water partition coefficient (Wildman–Crippen LogP) is 6.98. The van der Waals surface area contributed by atoms with Crippen LogP contribution in [0.2, 0.25) is 0 Å². The van der Waals surface area contributed by atoms with E-state index in [4.69, 9.17) is 4.98 Å². The molecule has 1 aliphatic heterocycles. The van der Waals surface area contributed by atoms with Crippen molar-refractivity contribution < 1.29 is 0 Å². The fourth-order valence-electron chi connectivity index (χ4n) is 3.96. The van der Waals surface area contributed by atoms with E-state index in [1.165, 1.54) is 16.7 Å². The maximum Gasteiger partial charge on any atom is 0.209 e. The summed E-state index contributed by atoms with van der Waals surface area (Å²) in [5, 5.41) is 3.57. The molecule has 1 aliphatic rings. The summed E-state index contributed by atoms with van der Waals surface area (Å²) in [6.45, 7) is 4.44. The van der Waals surface area contributed by atoms with Gasteiger partial charge in [-0.25, -0.2) is 4.98 Å². The quantitative estimate of drug-likeness (QED) is 0.370. The Bertz CT molecular complexity index is 1220. The number of nitrogens with zero attached hydrogens (tertiary/aromatic N) is 2. The second kappa shape index (κ2) is 7.20. The van der Waals surface area contributed by atoms with Crippen LogP contribution >= 0.6 is 15.9 Å². The molecule has 0 unspecified atom stereocenters. The SMILES string of the molecule is CC(C)c1ccc(C2=C[C@@H](c3cccc(Br)c3)n3c(nc4ccccc43)N2)cc1. The Morgan fingerprint density at radius 2 is 1.76 bits per heavy atom. The van der Waals surface area contributed by atoms with Crippen LogP contribution < -0.4 is 5.32 Å². The smallest absolute Gasteiger partial charge is 0.209 e. The summed E-state index contributed by atoms with van der Waals surface area (Å²) in [5.41, 5.74) is 6.97. The number of hydrogen-bond acceptors (Lipinski definition) is 2. The van der Waals surface area contributed by atoms with E-state index in [1.54, 1.807) is 0 Å². The molecule has 4 aromatic rings. The van der Waals surface area contributed by atoms with Crippen LogP contribution in [0.25, 0.3) is 16.7 Å². The Kier molecular flexibility index (Phi) is 4.51. The van der Waals surface area contributed by atoms with Crippen molar-refractivity contribution in [3.8, 4) is 0 Å². The van der Waals surface area contributed by atoms with Gasteiger partial charge in [-0.05, 0) is 52.9 Å². The minimum absolute atomic E-state index is 0.0657. The van der Waals surface area contributed by atoms with Gasteiger partial charge in [0.25, 0.3) is 0 Å². The van der Waals surface area contributed by atoms with E-state index in [2.05, 4.69) is 112 Å². The zero-order valence-corrected chi connectivity index (χ0v) is 18.0. The van der Waals surface area contributed by atoms with Gasteiger partial charge in [0.15, 0.2) is 0 Å².